The van der Waals surface area contributed by atoms with Crippen LogP contribution in [0.3, 0.4) is 0 Å². The van der Waals surface area contributed by atoms with Gasteiger partial charge in [-0.3, -0.25) is 4.68 Å². The maximum absolute atomic E-state index is 10.6. The van der Waals surface area contributed by atoms with Crippen LogP contribution in [0.1, 0.15) is 31.7 Å². The Hall–Kier alpha value is -2.53. The number of aryl methyl sites for hydroxylation is 1. The number of hydrogen-bond acceptors (Lipinski definition) is 4. The quantitative estimate of drug-likeness (QED) is 0.748. The van der Waals surface area contributed by atoms with Crippen LogP contribution < -0.4 is 0 Å². The van der Waals surface area contributed by atoms with Crippen LogP contribution in [0.25, 0.3) is 11.1 Å². The fourth-order valence-corrected chi connectivity index (χ4v) is 3.58. The van der Waals surface area contributed by atoms with Crippen molar-refractivity contribution in [1.29, 1.82) is 0 Å². The third-order valence-electron chi connectivity index (χ3n) is 5.02. The maximum atomic E-state index is 10.6. The highest BCUT2D eigenvalue weighted by Crippen LogP contribution is 2.47. The first-order chi connectivity index (χ1) is 11.8. The van der Waals surface area contributed by atoms with Gasteiger partial charge in [0.2, 0.25) is 0 Å². The lowest BCUT2D eigenvalue weighted by Gasteiger charge is -2.34. The molecule has 0 aliphatic heterocycles. The van der Waals surface area contributed by atoms with Crippen molar-refractivity contribution >= 4 is 0 Å². The molecule has 1 aliphatic carbocycles. The zero-order valence-corrected chi connectivity index (χ0v) is 14.8. The van der Waals surface area contributed by atoms with Gasteiger partial charge in [0.1, 0.15) is 11.5 Å². The number of rotatable bonds is 3. The summed E-state index contributed by atoms with van der Waals surface area (Å²) in [5, 5.41) is 35.5. The van der Waals surface area contributed by atoms with E-state index in [2.05, 4.69) is 11.7 Å². The lowest BCUT2D eigenvalue weighted by molar-refractivity contribution is 0.168. The molecule has 1 aromatic heterocycles. The number of nitrogens with zero attached hydrogens (tertiary/aromatic N) is 2. The van der Waals surface area contributed by atoms with Gasteiger partial charge in [0, 0.05) is 30.3 Å². The molecule has 1 aromatic carbocycles. The molecule has 2 aromatic rings. The van der Waals surface area contributed by atoms with Gasteiger partial charge >= 0.3 is 0 Å². The van der Waals surface area contributed by atoms with Crippen molar-refractivity contribution in [3.63, 3.8) is 0 Å². The van der Waals surface area contributed by atoms with E-state index in [0.29, 0.717) is 17.5 Å². The first-order valence-electron chi connectivity index (χ1n) is 8.34. The predicted molar refractivity (Wildman–Crippen MR) is 97.4 cm³/mol. The van der Waals surface area contributed by atoms with Crippen molar-refractivity contribution in [3.8, 4) is 22.6 Å². The molecule has 1 heterocycles. The van der Waals surface area contributed by atoms with Crippen molar-refractivity contribution in [1.82, 2.24) is 9.78 Å². The van der Waals surface area contributed by atoms with Gasteiger partial charge in [-0.15, -0.1) is 0 Å². The average molecular weight is 340 g/mol. The molecule has 3 rings (SSSR count). The highest BCUT2D eigenvalue weighted by molar-refractivity contribution is 5.68. The summed E-state index contributed by atoms with van der Waals surface area (Å²) < 4.78 is 1.67. The predicted octanol–water partition coefficient (Wildman–Crippen LogP) is 3.49. The van der Waals surface area contributed by atoms with Gasteiger partial charge in [-0.25, -0.2) is 0 Å². The molecular formula is C20H24N2O3. The molecule has 0 radical (unpaired) electrons. The summed E-state index contributed by atoms with van der Waals surface area (Å²) in [5.41, 5.74) is 3.77. The molecule has 1 aliphatic rings. The smallest absolute Gasteiger partial charge is 0.123 e. The van der Waals surface area contributed by atoms with Gasteiger partial charge in [0.25, 0.3) is 0 Å². The summed E-state index contributed by atoms with van der Waals surface area (Å²) in [6, 6.07) is 3.30. The summed E-state index contributed by atoms with van der Waals surface area (Å²) in [4.78, 5) is 0. The van der Waals surface area contributed by atoms with Crippen LogP contribution in [0.4, 0.5) is 0 Å². The first kappa shape index (κ1) is 17.3. The second-order valence-electron chi connectivity index (χ2n) is 6.97. The number of aromatic nitrogens is 2. The van der Waals surface area contributed by atoms with E-state index in [9.17, 15) is 15.3 Å². The number of phenols is 2. The van der Waals surface area contributed by atoms with Gasteiger partial charge < -0.3 is 15.3 Å². The van der Waals surface area contributed by atoms with Crippen molar-refractivity contribution in [2.24, 2.45) is 13.0 Å². The number of aliphatic hydroxyl groups is 1. The van der Waals surface area contributed by atoms with Crippen molar-refractivity contribution in [2.75, 3.05) is 0 Å². The minimum Gasteiger partial charge on any atom is -0.507 e. The van der Waals surface area contributed by atoms with E-state index in [-0.39, 0.29) is 23.3 Å². The van der Waals surface area contributed by atoms with Crippen molar-refractivity contribution < 1.29 is 15.3 Å². The molecule has 3 unspecified atom stereocenters. The molecule has 3 N–H and O–H groups in total. The number of benzene rings is 1. The SMILES string of the molecule is C=C(C)C1CC(O)C(C)=CC1c1c(O)cc(-c2cnn(C)c2)cc1O. The Morgan fingerprint density at radius 1 is 1.24 bits per heavy atom. The van der Waals surface area contributed by atoms with Crippen LogP contribution in [-0.4, -0.2) is 31.2 Å². The normalized spacial score (nSPS) is 23.4. The van der Waals surface area contributed by atoms with E-state index in [4.69, 9.17) is 0 Å². The zero-order valence-electron chi connectivity index (χ0n) is 14.8. The molecule has 5 heteroatoms. The lowest BCUT2D eigenvalue weighted by atomic mass is 9.72. The third kappa shape index (κ3) is 3.20. The summed E-state index contributed by atoms with van der Waals surface area (Å²) in [5.74, 6) is -0.185. The highest BCUT2D eigenvalue weighted by atomic mass is 16.3. The van der Waals surface area contributed by atoms with Gasteiger partial charge in [-0.05, 0) is 49.5 Å². The van der Waals surface area contributed by atoms with E-state index in [1.807, 2.05) is 33.2 Å². The van der Waals surface area contributed by atoms with Crippen molar-refractivity contribution in [3.05, 3.63) is 53.9 Å². The Kier molecular flexibility index (Phi) is 4.43. The van der Waals surface area contributed by atoms with Gasteiger partial charge in [0.05, 0.1) is 12.3 Å². The number of aliphatic hydroxyl groups excluding tert-OH is 1. The third-order valence-corrected chi connectivity index (χ3v) is 5.02. The Bertz CT molecular complexity index is 827. The van der Waals surface area contributed by atoms with Crippen LogP contribution in [0.15, 0.2) is 48.3 Å². The zero-order chi connectivity index (χ0) is 18.3. The molecular weight excluding hydrogens is 316 g/mol. The number of allylic oxidation sites excluding steroid dienone is 2. The summed E-state index contributed by atoms with van der Waals surface area (Å²) in [6.45, 7) is 7.81. The molecule has 25 heavy (non-hydrogen) atoms. The van der Waals surface area contributed by atoms with E-state index >= 15 is 0 Å². The second kappa shape index (κ2) is 6.41. The molecule has 0 bridgehead atoms. The fraction of sp³-hybridized carbons (Fsp3) is 0.350. The highest BCUT2D eigenvalue weighted by Gasteiger charge is 2.33. The lowest BCUT2D eigenvalue weighted by Crippen LogP contribution is -2.26. The minimum atomic E-state index is -0.517. The van der Waals surface area contributed by atoms with Crippen LogP contribution in [0.2, 0.25) is 0 Å². The number of hydrogen-bond donors (Lipinski definition) is 3. The maximum Gasteiger partial charge on any atom is 0.123 e. The first-order valence-corrected chi connectivity index (χ1v) is 8.34. The Morgan fingerprint density at radius 2 is 1.88 bits per heavy atom. The van der Waals surface area contributed by atoms with Crippen molar-refractivity contribution in [2.45, 2.75) is 32.3 Å². The monoisotopic (exact) mass is 340 g/mol. The molecule has 0 fully saturated rings. The number of aromatic hydroxyl groups is 2. The number of phenolic OH excluding ortho intramolecular Hbond substituents is 2. The molecule has 132 valence electrons. The van der Waals surface area contributed by atoms with Crippen LogP contribution in [-0.2, 0) is 7.05 Å². The molecule has 5 nitrogen and oxygen atoms in total. The molecule has 3 atom stereocenters. The summed E-state index contributed by atoms with van der Waals surface area (Å²) in [6.07, 6.45) is 5.45. The standard InChI is InChI=1S/C20H24N2O3/c1-11(2)15-8-17(23)12(3)5-16(15)20-18(24)6-13(7-19(20)25)14-9-21-22(4)10-14/h5-7,9-10,15-17,23-25H,1,8H2,2-4H3. The van der Waals surface area contributed by atoms with Gasteiger partial charge in [0.15, 0.2) is 0 Å². The molecule has 0 saturated carbocycles. The fourth-order valence-electron chi connectivity index (χ4n) is 3.58. The minimum absolute atomic E-state index is 0.0375. The topological polar surface area (TPSA) is 78.5 Å². The Morgan fingerprint density at radius 3 is 2.40 bits per heavy atom. The Labute approximate surface area is 147 Å². The van der Waals surface area contributed by atoms with E-state index in [1.54, 1.807) is 23.0 Å². The Balaban J connectivity index is 2.08. The molecule has 0 spiro atoms. The van der Waals surface area contributed by atoms with Gasteiger partial charge in [-0.1, -0.05) is 18.2 Å². The average Bonchev–Trinajstić information content (AvgIpc) is 2.96. The summed E-state index contributed by atoms with van der Waals surface area (Å²) in [7, 11) is 1.82. The van der Waals surface area contributed by atoms with Crippen LogP contribution in [0.5, 0.6) is 11.5 Å². The van der Waals surface area contributed by atoms with Crippen LogP contribution in [0, 0.1) is 5.92 Å². The summed E-state index contributed by atoms with van der Waals surface area (Å²) >= 11 is 0. The van der Waals surface area contributed by atoms with E-state index in [1.165, 1.54) is 0 Å². The largest absolute Gasteiger partial charge is 0.507 e. The van der Waals surface area contributed by atoms with E-state index < -0.39 is 6.10 Å². The molecule has 0 saturated heterocycles. The molecule has 0 amide bonds. The van der Waals surface area contributed by atoms with Gasteiger partial charge in [-0.2, -0.15) is 5.10 Å². The van der Waals surface area contributed by atoms with Crippen LogP contribution >= 0.6 is 0 Å². The van der Waals surface area contributed by atoms with E-state index in [0.717, 1.165) is 16.7 Å². The second-order valence-corrected chi connectivity index (χ2v) is 6.97.